The maximum Gasteiger partial charge on any atom is 0.368 e. The Balaban J connectivity index is 2.51. The van der Waals surface area contributed by atoms with Gasteiger partial charge in [0.25, 0.3) is 0 Å². The predicted octanol–water partition coefficient (Wildman–Crippen LogP) is -1.85. The average molecular weight is 302 g/mol. The van der Waals surface area contributed by atoms with E-state index >= 15 is 0 Å². The molecule has 1 aromatic heterocycles. The molecule has 0 aliphatic carbocycles. The highest BCUT2D eigenvalue weighted by molar-refractivity contribution is 5.24. The topological polar surface area (TPSA) is 123 Å². The molecule has 0 amide bonds. The van der Waals surface area contributed by atoms with Gasteiger partial charge in [0.15, 0.2) is 0 Å². The second-order valence-electron chi connectivity index (χ2n) is 4.27. The zero-order chi connectivity index (χ0) is 15.6. The first kappa shape index (κ1) is 15.3. The van der Waals surface area contributed by atoms with Gasteiger partial charge in [-0.3, -0.25) is 0 Å². The van der Waals surface area contributed by atoms with Crippen molar-refractivity contribution in [1.29, 1.82) is 0 Å². The highest BCUT2D eigenvalue weighted by Gasteiger charge is 2.58. The molecule has 2 heterocycles. The lowest BCUT2D eigenvalue weighted by Gasteiger charge is -2.22. The van der Waals surface area contributed by atoms with Gasteiger partial charge in [-0.25, -0.2) is 13.6 Å². The highest BCUT2D eigenvalue weighted by Crippen LogP contribution is 2.40. The number of aliphatic hydroxyl groups excluding tert-OH is 2. The predicted molar refractivity (Wildman–Crippen MR) is 65.3 cm³/mol. The lowest BCUT2D eigenvalue weighted by atomic mass is 9.97. The number of anilines is 1. The summed E-state index contributed by atoms with van der Waals surface area (Å²) in [5.41, 5.74) is 1.41. The van der Waals surface area contributed by atoms with Crippen LogP contribution in [0.15, 0.2) is 11.0 Å². The third-order valence-corrected chi connectivity index (χ3v) is 2.93. The van der Waals surface area contributed by atoms with Crippen molar-refractivity contribution in [1.82, 2.24) is 14.8 Å². The molecule has 1 aromatic rings. The van der Waals surface area contributed by atoms with E-state index in [4.69, 9.17) is 15.6 Å². The van der Waals surface area contributed by atoms with Gasteiger partial charge in [0.2, 0.25) is 11.9 Å². The first-order valence-electron chi connectivity index (χ1n) is 5.84. The van der Waals surface area contributed by atoms with Crippen LogP contribution in [0.2, 0.25) is 0 Å². The summed E-state index contributed by atoms with van der Waals surface area (Å²) in [5.74, 6) is 3.52. The van der Waals surface area contributed by atoms with Crippen molar-refractivity contribution in [3.63, 3.8) is 0 Å². The van der Waals surface area contributed by atoms with Crippen LogP contribution in [0, 0.1) is 11.8 Å². The molecule has 0 spiro atoms. The van der Waals surface area contributed by atoms with Gasteiger partial charge in [-0.05, 0) is 0 Å². The molecule has 114 valence electrons. The van der Waals surface area contributed by atoms with Gasteiger partial charge in [0, 0.05) is 0 Å². The minimum absolute atomic E-state index is 0.187. The van der Waals surface area contributed by atoms with E-state index in [2.05, 4.69) is 10.1 Å². The number of nitrogen functional groups attached to an aromatic ring is 1. The Morgan fingerprint density at radius 3 is 2.90 bits per heavy atom. The molecule has 1 aliphatic heterocycles. The van der Waals surface area contributed by atoms with Gasteiger partial charge >= 0.3 is 5.69 Å². The molecular weight excluding hydrogens is 290 g/mol. The van der Waals surface area contributed by atoms with E-state index in [1.807, 2.05) is 11.8 Å². The number of aromatic nitrogens is 3. The molecule has 0 radical (unpaired) electrons. The van der Waals surface area contributed by atoms with Gasteiger partial charge in [0.05, 0.1) is 12.8 Å². The van der Waals surface area contributed by atoms with Crippen LogP contribution in [0.3, 0.4) is 0 Å². The van der Waals surface area contributed by atoms with Crippen LogP contribution in [-0.4, -0.2) is 56.1 Å². The lowest BCUT2D eigenvalue weighted by molar-refractivity contribution is -0.0610. The summed E-state index contributed by atoms with van der Waals surface area (Å²) in [7, 11) is 0. The van der Waals surface area contributed by atoms with E-state index in [9.17, 15) is 18.7 Å². The molecule has 10 heteroatoms. The fraction of sp³-hybridized carbons (Fsp3) is 0.545. The van der Waals surface area contributed by atoms with Crippen LogP contribution in [0.1, 0.15) is 6.23 Å². The summed E-state index contributed by atoms with van der Waals surface area (Å²) in [4.78, 5) is 15.0. The van der Waals surface area contributed by atoms with E-state index in [1.54, 1.807) is 0 Å². The molecule has 2 rings (SSSR count). The van der Waals surface area contributed by atoms with E-state index in [-0.39, 0.29) is 5.82 Å². The third-order valence-electron chi connectivity index (χ3n) is 2.93. The Morgan fingerprint density at radius 1 is 1.62 bits per heavy atom. The van der Waals surface area contributed by atoms with E-state index < -0.39 is 43.1 Å². The average Bonchev–Trinajstić information content (AvgIpc) is 2.70. The molecule has 0 bridgehead atoms. The number of nitrogens with two attached hydrogens (primary N) is 1. The van der Waals surface area contributed by atoms with Crippen LogP contribution in [0.5, 0.6) is 0 Å². The maximum atomic E-state index is 14.9. The maximum absolute atomic E-state index is 14.9. The van der Waals surface area contributed by atoms with Gasteiger partial charge in [-0.15, -0.1) is 0 Å². The SMILES string of the molecule is Nc1cnn([C@@H]2O[C@H](CO)[C@H](O)C2(F)C#CCF)c(=O)n1. The zero-order valence-corrected chi connectivity index (χ0v) is 10.6. The Morgan fingerprint density at radius 2 is 2.33 bits per heavy atom. The molecule has 1 fully saturated rings. The van der Waals surface area contributed by atoms with E-state index in [1.165, 1.54) is 0 Å². The Labute approximate surface area is 117 Å². The van der Waals surface area contributed by atoms with Crippen molar-refractivity contribution in [3.8, 4) is 11.8 Å². The molecule has 0 aromatic carbocycles. The van der Waals surface area contributed by atoms with Crippen LogP contribution in [-0.2, 0) is 4.74 Å². The zero-order valence-electron chi connectivity index (χ0n) is 10.6. The summed E-state index contributed by atoms with van der Waals surface area (Å²) in [6.07, 6.45) is -4.05. The van der Waals surface area contributed by atoms with E-state index in [0.717, 1.165) is 6.20 Å². The van der Waals surface area contributed by atoms with Crippen molar-refractivity contribution in [2.45, 2.75) is 24.1 Å². The number of rotatable bonds is 2. The van der Waals surface area contributed by atoms with Gasteiger partial charge in [-0.1, -0.05) is 11.8 Å². The van der Waals surface area contributed by atoms with Crippen LogP contribution in [0.25, 0.3) is 0 Å². The first-order valence-corrected chi connectivity index (χ1v) is 5.84. The quantitative estimate of drug-likeness (QED) is 0.548. The molecule has 1 unspecified atom stereocenters. The molecule has 0 saturated carbocycles. The highest BCUT2D eigenvalue weighted by atomic mass is 19.1. The standard InChI is InChI=1S/C11H12F2N4O4/c12-3-1-2-11(13)8(19)6(5-18)21-9(11)17-10(20)16-7(14)4-15-17/h4,6,8-9,18-19H,3,5H2,(H2,14,16,20)/t6-,8+,9-,11?/m1/s1. The molecule has 1 aliphatic rings. The van der Waals surface area contributed by atoms with Crippen molar-refractivity contribution in [3.05, 3.63) is 16.7 Å². The second kappa shape index (κ2) is 5.72. The van der Waals surface area contributed by atoms with Crippen molar-refractivity contribution in [2.24, 2.45) is 0 Å². The summed E-state index contributed by atoms with van der Waals surface area (Å²) in [6.45, 7) is -1.88. The molecule has 4 N–H and O–H groups in total. The summed E-state index contributed by atoms with van der Waals surface area (Å²) in [6, 6.07) is 0. The Bertz CT molecular complexity index is 643. The number of halogens is 2. The fourth-order valence-corrected chi connectivity index (χ4v) is 1.96. The summed E-state index contributed by atoms with van der Waals surface area (Å²) in [5, 5.41) is 22.5. The smallest absolute Gasteiger partial charge is 0.368 e. The van der Waals surface area contributed by atoms with Gasteiger partial charge < -0.3 is 20.7 Å². The minimum atomic E-state index is -2.83. The first-order chi connectivity index (χ1) is 9.93. The number of hydrogen-bond acceptors (Lipinski definition) is 7. The van der Waals surface area contributed by atoms with Crippen LogP contribution in [0.4, 0.5) is 14.6 Å². The van der Waals surface area contributed by atoms with Crippen molar-refractivity contribution in [2.75, 3.05) is 19.0 Å². The van der Waals surface area contributed by atoms with Crippen LogP contribution < -0.4 is 11.4 Å². The number of ether oxygens (including phenoxy) is 1. The monoisotopic (exact) mass is 302 g/mol. The third kappa shape index (κ3) is 2.58. The number of nitrogens with zero attached hydrogens (tertiary/aromatic N) is 3. The number of hydrogen-bond donors (Lipinski definition) is 3. The largest absolute Gasteiger partial charge is 0.394 e. The fourth-order valence-electron chi connectivity index (χ4n) is 1.96. The second-order valence-corrected chi connectivity index (χ2v) is 4.27. The molecular formula is C11H12F2N4O4. The van der Waals surface area contributed by atoms with Crippen molar-refractivity contribution < 1.29 is 23.7 Å². The molecule has 8 nitrogen and oxygen atoms in total. The Hall–Kier alpha value is -2.09. The van der Waals surface area contributed by atoms with Gasteiger partial charge in [0.1, 0.15) is 24.7 Å². The van der Waals surface area contributed by atoms with E-state index in [0.29, 0.717) is 4.68 Å². The molecule has 1 saturated heterocycles. The van der Waals surface area contributed by atoms with Crippen molar-refractivity contribution >= 4 is 5.82 Å². The number of aliphatic hydroxyl groups is 2. The number of alkyl halides is 2. The Kier molecular flexibility index (Phi) is 4.17. The lowest BCUT2D eigenvalue weighted by Crippen LogP contribution is -2.45. The van der Waals surface area contributed by atoms with Crippen LogP contribution >= 0.6 is 0 Å². The molecule has 4 atom stereocenters. The minimum Gasteiger partial charge on any atom is -0.394 e. The summed E-state index contributed by atoms with van der Waals surface area (Å²) < 4.78 is 32.6. The normalized spacial score (nSPS) is 31.7. The summed E-state index contributed by atoms with van der Waals surface area (Å²) >= 11 is 0. The molecule has 21 heavy (non-hydrogen) atoms. The van der Waals surface area contributed by atoms with Gasteiger partial charge in [-0.2, -0.15) is 14.8 Å².